The molecule has 1 heterocycles. The number of piperidine rings is 1. The van der Waals surface area contributed by atoms with E-state index in [0.29, 0.717) is 18.5 Å². The molecule has 8 heteroatoms. The third kappa shape index (κ3) is 6.04. The Kier molecular flexibility index (Phi) is 6.64. The zero-order valence-corrected chi connectivity index (χ0v) is 16.9. The molecule has 1 unspecified atom stereocenters. The molecule has 2 rings (SSSR count). The van der Waals surface area contributed by atoms with E-state index in [4.69, 9.17) is 5.11 Å². The highest BCUT2D eigenvalue weighted by atomic mass is 32.2. The third-order valence-electron chi connectivity index (χ3n) is 4.43. The summed E-state index contributed by atoms with van der Waals surface area (Å²) < 4.78 is 27.3. The van der Waals surface area contributed by atoms with E-state index in [9.17, 15) is 18.0 Å². The number of carboxylic acids is 1. The van der Waals surface area contributed by atoms with E-state index in [2.05, 4.69) is 4.72 Å². The average Bonchev–Trinajstić information content (AvgIpc) is 2.57. The molecule has 1 atom stereocenters. The summed E-state index contributed by atoms with van der Waals surface area (Å²) in [6.45, 7) is 5.87. The zero-order valence-electron chi connectivity index (χ0n) is 16.1. The van der Waals surface area contributed by atoms with Gasteiger partial charge in [-0.2, -0.15) is 0 Å². The van der Waals surface area contributed by atoms with Crippen LogP contribution in [-0.4, -0.2) is 48.4 Å². The van der Waals surface area contributed by atoms with E-state index in [1.54, 1.807) is 25.7 Å². The predicted octanol–water partition coefficient (Wildman–Crippen LogP) is 2.62. The number of nitrogens with zero attached hydrogens (tertiary/aromatic N) is 1. The first kappa shape index (κ1) is 21.4. The number of aliphatic carboxylic acids is 1. The molecule has 1 saturated heterocycles. The van der Waals surface area contributed by atoms with Crippen molar-refractivity contribution in [3.05, 3.63) is 29.8 Å². The number of carboxylic acid groups (broad SMARTS) is 1. The van der Waals surface area contributed by atoms with Crippen LogP contribution in [0.5, 0.6) is 0 Å². The molecular formula is C19H28N2O5S. The van der Waals surface area contributed by atoms with Crippen molar-refractivity contribution < 1.29 is 23.1 Å². The first-order valence-corrected chi connectivity index (χ1v) is 10.6. The Morgan fingerprint density at radius 1 is 1.19 bits per heavy atom. The molecule has 1 amide bonds. The maximum atomic E-state index is 12.9. The molecule has 1 aliphatic rings. The van der Waals surface area contributed by atoms with Crippen LogP contribution in [0.15, 0.2) is 29.2 Å². The highest BCUT2D eigenvalue weighted by Crippen LogP contribution is 2.24. The van der Waals surface area contributed by atoms with Crippen molar-refractivity contribution in [3.8, 4) is 0 Å². The highest BCUT2D eigenvalue weighted by Gasteiger charge is 2.28. The molecule has 0 saturated carbocycles. The van der Waals surface area contributed by atoms with Crippen molar-refractivity contribution in [2.75, 3.05) is 6.54 Å². The number of amides is 1. The van der Waals surface area contributed by atoms with Gasteiger partial charge in [-0.25, -0.2) is 13.1 Å². The number of hydrogen-bond donors (Lipinski definition) is 2. The van der Waals surface area contributed by atoms with Crippen LogP contribution in [0.3, 0.4) is 0 Å². The molecule has 0 aliphatic carbocycles. The van der Waals surface area contributed by atoms with Crippen LogP contribution in [-0.2, 0) is 14.8 Å². The molecule has 27 heavy (non-hydrogen) atoms. The maximum absolute atomic E-state index is 12.9. The standard InChI is InChI=1S/C19H28N2O5S/c1-19(2,3)20-27(25,26)16-10-7-14(8-11-16)18(24)21-13-5-4-6-15(21)9-12-17(22)23/h7-8,10-11,15,20H,4-6,9,12-13H2,1-3H3,(H,22,23). The Morgan fingerprint density at radius 2 is 1.81 bits per heavy atom. The van der Waals surface area contributed by atoms with E-state index in [1.807, 2.05) is 0 Å². The zero-order chi connectivity index (χ0) is 20.2. The van der Waals surface area contributed by atoms with Crippen molar-refractivity contribution >= 4 is 21.9 Å². The van der Waals surface area contributed by atoms with Gasteiger partial charge in [0.05, 0.1) is 4.90 Å². The number of hydrogen-bond acceptors (Lipinski definition) is 4. The minimum atomic E-state index is -3.65. The third-order valence-corrected chi connectivity index (χ3v) is 6.21. The molecule has 1 aliphatic heterocycles. The lowest BCUT2D eigenvalue weighted by molar-refractivity contribution is -0.137. The van der Waals surface area contributed by atoms with Gasteiger partial charge < -0.3 is 10.0 Å². The van der Waals surface area contributed by atoms with E-state index >= 15 is 0 Å². The maximum Gasteiger partial charge on any atom is 0.303 e. The number of likely N-dealkylation sites (tertiary alicyclic amines) is 1. The molecule has 1 aromatic carbocycles. The average molecular weight is 397 g/mol. The van der Waals surface area contributed by atoms with Gasteiger partial charge in [-0.05, 0) is 70.7 Å². The van der Waals surface area contributed by atoms with Gasteiger partial charge in [-0.3, -0.25) is 9.59 Å². The fraction of sp³-hybridized carbons (Fsp3) is 0.579. The van der Waals surface area contributed by atoms with Crippen LogP contribution in [0.1, 0.15) is 63.2 Å². The van der Waals surface area contributed by atoms with Crippen LogP contribution in [0, 0.1) is 0 Å². The number of rotatable bonds is 6. The Bertz CT molecular complexity index is 781. The highest BCUT2D eigenvalue weighted by molar-refractivity contribution is 7.89. The van der Waals surface area contributed by atoms with Gasteiger partial charge in [0.2, 0.25) is 10.0 Å². The first-order valence-electron chi connectivity index (χ1n) is 9.16. The number of sulfonamides is 1. The van der Waals surface area contributed by atoms with E-state index in [0.717, 1.165) is 19.3 Å². The van der Waals surface area contributed by atoms with Crippen molar-refractivity contribution in [2.45, 2.75) is 69.4 Å². The molecule has 0 radical (unpaired) electrons. The van der Waals surface area contributed by atoms with Crippen molar-refractivity contribution in [1.29, 1.82) is 0 Å². The summed E-state index contributed by atoms with van der Waals surface area (Å²) >= 11 is 0. The summed E-state index contributed by atoms with van der Waals surface area (Å²) in [5.74, 6) is -1.05. The fourth-order valence-corrected chi connectivity index (χ4v) is 4.68. The second-order valence-corrected chi connectivity index (χ2v) is 9.64. The van der Waals surface area contributed by atoms with Gasteiger partial charge in [-0.15, -0.1) is 0 Å². The Morgan fingerprint density at radius 3 is 2.37 bits per heavy atom. The number of benzene rings is 1. The topological polar surface area (TPSA) is 104 Å². The van der Waals surface area contributed by atoms with E-state index < -0.39 is 21.5 Å². The van der Waals surface area contributed by atoms with E-state index in [-0.39, 0.29) is 23.3 Å². The molecular weight excluding hydrogens is 368 g/mol. The molecule has 1 aromatic rings. The summed E-state index contributed by atoms with van der Waals surface area (Å²) in [5, 5.41) is 8.91. The van der Waals surface area contributed by atoms with Gasteiger partial charge in [-0.1, -0.05) is 0 Å². The van der Waals surface area contributed by atoms with Crippen LogP contribution in [0.25, 0.3) is 0 Å². The number of nitrogens with one attached hydrogen (secondary N) is 1. The van der Waals surface area contributed by atoms with Gasteiger partial charge in [0.25, 0.3) is 5.91 Å². The van der Waals surface area contributed by atoms with Crippen LogP contribution in [0.4, 0.5) is 0 Å². The van der Waals surface area contributed by atoms with Gasteiger partial charge in [0.1, 0.15) is 0 Å². The van der Waals surface area contributed by atoms with Gasteiger partial charge in [0, 0.05) is 30.1 Å². The van der Waals surface area contributed by atoms with Crippen LogP contribution >= 0.6 is 0 Å². The Balaban J connectivity index is 2.15. The normalized spacial score (nSPS) is 18.3. The van der Waals surface area contributed by atoms with E-state index in [1.165, 1.54) is 24.3 Å². The minimum Gasteiger partial charge on any atom is -0.481 e. The monoisotopic (exact) mass is 396 g/mol. The lowest BCUT2D eigenvalue weighted by atomic mass is 9.97. The summed E-state index contributed by atoms with van der Waals surface area (Å²) in [4.78, 5) is 25.5. The van der Waals surface area contributed by atoms with Crippen molar-refractivity contribution in [3.63, 3.8) is 0 Å². The second kappa shape index (κ2) is 8.39. The lowest BCUT2D eigenvalue weighted by Gasteiger charge is -2.35. The van der Waals surface area contributed by atoms with Gasteiger partial charge >= 0.3 is 5.97 Å². The molecule has 0 spiro atoms. The SMILES string of the molecule is CC(C)(C)NS(=O)(=O)c1ccc(C(=O)N2CCCCC2CCC(=O)O)cc1. The van der Waals surface area contributed by atoms with Crippen LogP contribution < -0.4 is 4.72 Å². The molecule has 150 valence electrons. The summed E-state index contributed by atoms with van der Waals surface area (Å²) in [7, 11) is -3.65. The smallest absolute Gasteiger partial charge is 0.303 e. The summed E-state index contributed by atoms with van der Waals surface area (Å²) in [5.41, 5.74) is -0.190. The second-order valence-electron chi connectivity index (χ2n) is 7.96. The summed E-state index contributed by atoms with van der Waals surface area (Å²) in [6, 6.07) is 5.80. The number of carbonyl (C=O) groups is 2. The first-order chi connectivity index (χ1) is 12.5. The largest absolute Gasteiger partial charge is 0.481 e. The molecule has 2 N–H and O–H groups in total. The quantitative estimate of drug-likeness (QED) is 0.769. The summed E-state index contributed by atoms with van der Waals surface area (Å²) in [6.07, 6.45) is 3.12. The van der Waals surface area contributed by atoms with Crippen LogP contribution in [0.2, 0.25) is 0 Å². The molecule has 0 bridgehead atoms. The minimum absolute atomic E-state index is 0.0318. The Labute approximate surface area is 160 Å². The molecule has 1 fully saturated rings. The predicted molar refractivity (Wildman–Crippen MR) is 102 cm³/mol. The molecule has 0 aromatic heterocycles. The number of carbonyl (C=O) groups excluding carboxylic acids is 1. The van der Waals surface area contributed by atoms with Crippen molar-refractivity contribution in [2.24, 2.45) is 0 Å². The molecule has 7 nitrogen and oxygen atoms in total. The van der Waals surface area contributed by atoms with Gasteiger partial charge in [0.15, 0.2) is 0 Å². The van der Waals surface area contributed by atoms with Crippen molar-refractivity contribution in [1.82, 2.24) is 9.62 Å². The Hall–Kier alpha value is -1.93. The lowest BCUT2D eigenvalue weighted by Crippen LogP contribution is -2.44. The fourth-order valence-electron chi connectivity index (χ4n) is 3.26.